The van der Waals surface area contributed by atoms with Gasteiger partial charge in [-0.25, -0.2) is 0 Å². The minimum absolute atomic E-state index is 0.0384. The van der Waals surface area contributed by atoms with E-state index in [1.165, 1.54) is 0 Å². The van der Waals surface area contributed by atoms with Crippen LogP contribution in [-0.2, 0) is 16.9 Å². The molecule has 1 aromatic heterocycles. The Morgan fingerprint density at radius 1 is 1.13 bits per heavy atom. The Labute approximate surface area is 137 Å². The molecule has 0 atom stereocenters. The quantitative estimate of drug-likeness (QED) is 0.559. The minimum Gasteiger partial charge on any atom is -0.455 e. The largest absolute Gasteiger partial charge is 0.455 e. The third kappa shape index (κ3) is 5.05. The average Bonchev–Trinajstić information content (AvgIpc) is 3.05. The van der Waals surface area contributed by atoms with Crippen LogP contribution in [0.1, 0.15) is 55.0 Å². The molecule has 1 N–H and O–H groups in total. The van der Waals surface area contributed by atoms with Crippen molar-refractivity contribution in [1.82, 2.24) is 0 Å². The third-order valence-electron chi connectivity index (χ3n) is 3.73. The van der Waals surface area contributed by atoms with Crippen LogP contribution in [0.4, 0.5) is 0 Å². The molecule has 0 aliphatic rings. The molecule has 0 unspecified atom stereocenters. The number of Topliss-reactive ketones (excluding diaryl/α,β-unsaturated/α-hetero) is 1. The lowest BCUT2D eigenvalue weighted by Crippen LogP contribution is -2.20. The zero-order chi connectivity index (χ0) is 16.7. The van der Waals surface area contributed by atoms with Gasteiger partial charge in [-0.05, 0) is 44.4 Å². The van der Waals surface area contributed by atoms with Gasteiger partial charge in [0.25, 0.3) is 0 Å². The number of carbonyl (C=O) groups is 1. The van der Waals surface area contributed by atoms with E-state index < -0.39 is 5.60 Å². The first-order valence-corrected chi connectivity index (χ1v) is 7.95. The van der Waals surface area contributed by atoms with Crippen molar-refractivity contribution in [2.45, 2.75) is 45.3 Å². The van der Waals surface area contributed by atoms with E-state index in [1.54, 1.807) is 12.1 Å². The van der Waals surface area contributed by atoms with Gasteiger partial charge >= 0.3 is 0 Å². The number of aliphatic hydroxyl groups excluding tert-OH is 1. The second-order valence-electron chi connectivity index (χ2n) is 6.05. The Morgan fingerprint density at radius 2 is 1.87 bits per heavy atom. The van der Waals surface area contributed by atoms with Crippen molar-refractivity contribution in [3.8, 4) is 0 Å². The van der Waals surface area contributed by atoms with Gasteiger partial charge in [0.2, 0.25) is 0 Å². The summed E-state index contributed by atoms with van der Waals surface area (Å²) < 4.78 is 11.6. The van der Waals surface area contributed by atoms with Gasteiger partial charge < -0.3 is 14.3 Å². The number of rotatable bonds is 9. The number of aliphatic hydroxyl groups is 1. The van der Waals surface area contributed by atoms with Crippen LogP contribution in [0, 0.1) is 0 Å². The summed E-state index contributed by atoms with van der Waals surface area (Å²) in [6, 6.07) is 13.4. The fourth-order valence-electron chi connectivity index (χ4n) is 2.24. The van der Waals surface area contributed by atoms with E-state index in [2.05, 4.69) is 0 Å². The SMILES string of the molecule is CC(C)(OCc1ccccc1)c1ccc(C(=O)CCCCO)o1. The maximum atomic E-state index is 12.0. The number of furan rings is 1. The van der Waals surface area contributed by atoms with Gasteiger partial charge in [-0.2, -0.15) is 0 Å². The number of hydrogen-bond acceptors (Lipinski definition) is 4. The molecule has 1 aromatic carbocycles. The standard InChI is InChI=1S/C19H24O4/c1-19(2,22-14-15-8-4-3-5-9-15)18-12-11-17(23-18)16(21)10-6-7-13-20/h3-5,8-9,11-12,20H,6-7,10,13-14H2,1-2H3. The summed E-state index contributed by atoms with van der Waals surface area (Å²) in [5.41, 5.74) is 0.479. The van der Waals surface area contributed by atoms with Crippen molar-refractivity contribution < 1.29 is 19.1 Å². The molecule has 0 fully saturated rings. The van der Waals surface area contributed by atoms with Crippen LogP contribution in [0.5, 0.6) is 0 Å². The van der Waals surface area contributed by atoms with Crippen LogP contribution >= 0.6 is 0 Å². The summed E-state index contributed by atoms with van der Waals surface area (Å²) in [6.45, 7) is 4.44. The lowest BCUT2D eigenvalue weighted by atomic mass is 10.1. The lowest BCUT2D eigenvalue weighted by Gasteiger charge is -2.23. The molecule has 0 saturated carbocycles. The first kappa shape index (κ1) is 17.4. The molecule has 0 saturated heterocycles. The number of unbranched alkanes of at least 4 members (excludes halogenated alkanes) is 1. The number of carbonyl (C=O) groups excluding carboxylic acids is 1. The van der Waals surface area contributed by atoms with Crippen LogP contribution in [-0.4, -0.2) is 17.5 Å². The summed E-state index contributed by atoms with van der Waals surface area (Å²) in [5.74, 6) is 0.955. The Morgan fingerprint density at radius 3 is 2.57 bits per heavy atom. The summed E-state index contributed by atoms with van der Waals surface area (Å²) in [7, 11) is 0. The Bertz CT molecular complexity index is 613. The summed E-state index contributed by atoms with van der Waals surface area (Å²) in [5, 5.41) is 8.76. The average molecular weight is 316 g/mol. The van der Waals surface area contributed by atoms with E-state index in [1.807, 2.05) is 44.2 Å². The molecule has 2 aromatic rings. The smallest absolute Gasteiger partial charge is 0.197 e. The number of ether oxygens (including phenoxy) is 1. The molecule has 0 radical (unpaired) electrons. The van der Waals surface area contributed by atoms with E-state index in [4.69, 9.17) is 14.3 Å². The molecular weight excluding hydrogens is 292 g/mol. The number of benzene rings is 1. The van der Waals surface area contributed by atoms with Crippen LogP contribution in [0.15, 0.2) is 46.9 Å². The highest BCUT2D eigenvalue weighted by molar-refractivity contribution is 5.93. The van der Waals surface area contributed by atoms with Gasteiger partial charge in [0, 0.05) is 13.0 Å². The summed E-state index contributed by atoms with van der Waals surface area (Å²) in [4.78, 5) is 12.0. The molecule has 2 rings (SSSR count). The van der Waals surface area contributed by atoms with Crippen LogP contribution < -0.4 is 0 Å². The highest BCUT2D eigenvalue weighted by Gasteiger charge is 2.26. The summed E-state index contributed by atoms with van der Waals surface area (Å²) in [6.07, 6.45) is 1.68. The predicted octanol–water partition coefficient (Wildman–Crippen LogP) is 4.08. The van der Waals surface area contributed by atoms with E-state index in [-0.39, 0.29) is 12.4 Å². The zero-order valence-electron chi connectivity index (χ0n) is 13.7. The maximum Gasteiger partial charge on any atom is 0.197 e. The normalized spacial score (nSPS) is 11.6. The molecule has 1 heterocycles. The van der Waals surface area contributed by atoms with Gasteiger partial charge in [-0.3, -0.25) is 4.79 Å². The van der Waals surface area contributed by atoms with Crippen molar-refractivity contribution >= 4 is 5.78 Å². The first-order valence-electron chi connectivity index (χ1n) is 7.95. The highest BCUT2D eigenvalue weighted by atomic mass is 16.5. The molecule has 4 nitrogen and oxygen atoms in total. The van der Waals surface area contributed by atoms with Gasteiger partial charge in [0.15, 0.2) is 11.5 Å². The van der Waals surface area contributed by atoms with Crippen LogP contribution in [0.2, 0.25) is 0 Å². The highest BCUT2D eigenvalue weighted by Crippen LogP contribution is 2.28. The lowest BCUT2D eigenvalue weighted by molar-refractivity contribution is -0.0483. The molecule has 124 valence electrons. The molecule has 0 amide bonds. The molecule has 4 heteroatoms. The Balaban J connectivity index is 1.96. The van der Waals surface area contributed by atoms with Crippen molar-refractivity contribution in [2.24, 2.45) is 0 Å². The van der Waals surface area contributed by atoms with Crippen molar-refractivity contribution in [2.75, 3.05) is 6.61 Å². The fraction of sp³-hybridized carbons (Fsp3) is 0.421. The van der Waals surface area contributed by atoms with Crippen molar-refractivity contribution in [1.29, 1.82) is 0 Å². The number of ketones is 1. The van der Waals surface area contributed by atoms with E-state index >= 15 is 0 Å². The fourth-order valence-corrected chi connectivity index (χ4v) is 2.24. The Kier molecular flexibility index (Phi) is 6.13. The number of hydrogen-bond donors (Lipinski definition) is 1. The van der Waals surface area contributed by atoms with Gasteiger partial charge in [0.1, 0.15) is 11.4 Å². The molecule has 0 spiro atoms. The topological polar surface area (TPSA) is 59.7 Å². The van der Waals surface area contributed by atoms with Crippen LogP contribution in [0.3, 0.4) is 0 Å². The maximum absolute atomic E-state index is 12.0. The molecular formula is C19H24O4. The van der Waals surface area contributed by atoms with Gasteiger partial charge in [-0.15, -0.1) is 0 Å². The predicted molar refractivity (Wildman–Crippen MR) is 88.2 cm³/mol. The first-order chi connectivity index (χ1) is 11.0. The van der Waals surface area contributed by atoms with Crippen LogP contribution in [0.25, 0.3) is 0 Å². The van der Waals surface area contributed by atoms with Crippen molar-refractivity contribution in [3.05, 3.63) is 59.5 Å². The van der Waals surface area contributed by atoms with Crippen molar-refractivity contribution in [3.63, 3.8) is 0 Å². The van der Waals surface area contributed by atoms with E-state index in [0.717, 1.165) is 5.56 Å². The second kappa shape index (κ2) is 8.09. The molecule has 0 bridgehead atoms. The second-order valence-corrected chi connectivity index (χ2v) is 6.05. The van der Waals surface area contributed by atoms with Gasteiger partial charge in [-0.1, -0.05) is 30.3 Å². The summed E-state index contributed by atoms with van der Waals surface area (Å²) >= 11 is 0. The molecule has 23 heavy (non-hydrogen) atoms. The third-order valence-corrected chi connectivity index (χ3v) is 3.73. The zero-order valence-corrected chi connectivity index (χ0v) is 13.7. The van der Waals surface area contributed by atoms with E-state index in [0.29, 0.717) is 37.4 Å². The molecule has 0 aliphatic carbocycles. The van der Waals surface area contributed by atoms with E-state index in [9.17, 15) is 4.79 Å². The molecule has 0 aliphatic heterocycles. The van der Waals surface area contributed by atoms with Gasteiger partial charge in [0.05, 0.1) is 6.61 Å². The monoisotopic (exact) mass is 316 g/mol. The Hall–Kier alpha value is -1.91. The minimum atomic E-state index is -0.612.